The Balaban J connectivity index is 1.61. The second-order valence-corrected chi connectivity index (χ2v) is 7.21. The lowest BCUT2D eigenvalue weighted by Crippen LogP contribution is -2.09. The molecule has 24 heavy (non-hydrogen) atoms. The van der Waals surface area contributed by atoms with Crippen molar-refractivity contribution in [1.29, 1.82) is 0 Å². The molecule has 6 heteroatoms. The van der Waals surface area contributed by atoms with E-state index in [1.54, 1.807) is 0 Å². The highest BCUT2D eigenvalue weighted by molar-refractivity contribution is 7.97. The van der Waals surface area contributed by atoms with Gasteiger partial charge in [-0.15, -0.1) is 5.10 Å². The summed E-state index contributed by atoms with van der Waals surface area (Å²) in [7, 11) is 0. The SMILES string of the molecule is CSCc1ccc2c(c1)nnn2CCC(C)Cc1ncc(C)cn1. The Morgan fingerprint density at radius 3 is 2.75 bits per heavy atom. The number of hydrogen-bond donors (Lipinski definition) is 0. The standard InChI is InChI=1S/C18H23N5S/c1-13(8-18-19-10-14(2)11-20-18)6-7-23-17-5-4-15(12-24-3)9-16(17)21-22-23/h4-5,9-11,13H,6-8,12H2,1-3H3. The third kappa shape index (κ3) is 4.12. The summed E-state index contributed by atoms with van der Waals surface area (Å²) in [5.74, 6) is 2.43. The predicted molar refractivity (Wildman–Crippen MR) is 99.0 cm³/mol. The molecule has 0 aliphatic rings. The van der Waals surface area contributed by atoms with Gasteiger partial charge < -0.3 is 0 Å². The number of benzene rings is 1. The minimum atomic E-state index is 0.503. The lowest BCUT2D eigenvalue weighted by Gasteiger charge is -2.10. The minimum absolute atomic E-state index is 0.503. The molecule has 2 aromatic heterocycles. The van der Waals surface area contributed by atoms with E-state index in [-0.39, 0.29) is 0 Å². The maximum atomic E-state index is 4.39. The van der Waals surface area contributed by atoms with Crippen molar-refractivity contribution in [3.05, 3.63) is 47.5 Å². The molecule has 1 unspecified atom stereocenters. The number of aromatic nitrogens is 5. The van der Waals surface area contributed by atoms with Crippen LogP contribution in [0.5, 0.6) is 0 Å². The molecule has 0 radical (unpaired) electrons. The Labute approximate surface area is 146 Å². The Bertz CT molecular complexity index is 797. The van der Waals surface area contributed by atoms with Crippen molar-refractivity contribution < 1.29 is 0 Å². The molecule has 0 aliphatic heterocycles. The highest BCUT2D eigenvalue weighted by Crippen LogP contribution is 2.18. The number of nitrogens with zero attached hydrogens (tertiary/aromatic N) is 5. The minimum Gasteiger partial charge on any atom is -0.245 e. The number of thioether (sulfide) groups is 1. The van der Waals surface area contributed by atoms with Gasteiger partial charge in [0.1, 0.15) is 11.3 Å². The van der Waals surface area contributed by atoms with E-state index in [1.807, 2.05) is 35.8 Å². The molecular formula is C18H23N5S. The zero-order valence-corrected chi connectivity index (χ0v) is 15.3. The quantitative estimate of drug-likeness (QED) is 0.656. The zero-order chi connectivity index (χ0) is 16.9. The van der Waals surface area contributed by atoms with Crippen LogP contribution in [0.3, 0.4) is 0 Å². The molecule has 0 saturated carbocycles. The third-order valence-corrected chi connectivity index (χ3v) is 4.71. The summed E-state index contributed by atoms with van der Waals surface area (Å²) in [4.78, 5) is 8.78. The second-order valence-electron chi connectivity index (χ2n) is 6.34. The van der Waals surface area contributed by atoms with Crippen LogP contribution in [0, 0.1) is 12.8 Å². The number of aryl methyl sites for hydroxylation is 2. The predicted octanol–water partition coefficient (Wildman–Crippen LogP) is 3.66. The summed E-state index contributed by atoms with van der Waals surface area (Å²) in [5.41, 5.74) is 4.49. The van der Waals surface area contributed by atoms with Gasteiger partial charge in [-0.05, 0) is 48.8 Å². The maximum Gasteiger partial charge on any atom is 0.128 e. The molecule has 0 aliphatic carbocycles. The topological polar surface area (TPSA) is 56.5 Å². The smallest absolute Gasteiger partial charge is 0.128 e. The van der Waals surface area contributed by atoms with Gasteiger partial charge in [0.05, 0.1) is 5.52 Å². The summed E-state index contributed by atoms with van der Waals surface area (Å²) in [5, 5.41) is 8.63. The van der Waals surface area contributed by atoms with Crippen molar-refractivity contribution in [2.24, 2.45) is 5.92 Å². The van der Waals surface area contributed by atoms with E-state index in [4.69, 9.17) is 0 Å². The van der Waals surface area contributed by atoms with Crippen LogP contribution in [-0.2, 0) is 18.7 Å². The summed E-state index contributed by atoms with van der Waals surface area (Å²) in [6, 6.07) is 6.44. The third-order valence-electron chi connectivity index (χ3n) is 4.09. The molecule has 2 heterocycles. The van der Waals surface area contributed by atoms with E-state index in [0.717, 1.165) is 47.6 Å². The van der Waals surface area contributed by atoms with Crippen molar-refractivity contribution >= 4 is 22.8 Å². The molecule has 0 bridgehead atoms. The van der Waals surface area contributed by atoms with Gasteiger partial charge in [0, 0.05) is 31.1 Å². The van der Waals surface area contributed by atoms with Crippen LogP contribution in [0.15, 0.2) is 30.6 Å². The molecule has 0 N–H and O–H groups in total. The largest absolute Gasteiger partial charge is 0.245 e. The fourth-order valence-electron chi connectivity index (χ4n) is 2.72. The average Bonchev–Trinajstić information content (AvgIpc) is 2.98. The maximum absolute atomic E-state index is 4.39. The molecule has 0 amide bonds. The first-order chi connectivity index (χ1) is 11.7. The van der Waals surface area contributed by atoms with Crippen molar-refractivity contribution in [1.82, 2.24) is 25.0 Å². The van der Waals surface area contributed by atoms with Crippen molar-refractivity contribution in [3.63, 3.8) is 0 Å². The van der Waals surface area contributed by atoms with Crippen molar-refractivity contribution in [3.8, 4) is 0 Å². The number of rotatable bonds is 7. The summed E-state index contributed by atoms with van der Waals surface area (Å²) in [6.07, 6.45) is 7.80. The highest BCUT2D eigenvalue weighted by Gasteiger charge is 2.09. The van der Waals surface area contributed by atoms with Gasteiger partial charge in [-0.1, -0.05) is 18.2 Å². The summed E-state index contributed by atoms with van der Waals surface area (Å²) < 4.78 is 2.00. The van der Waals surface area contributed by atoms with Crippen LogP contribution < -0.4 is 0 Å². The van der Waals surface area contributed by atoms with Gasteiger partial charge in [0.15, 0.2) is 0 Å². The van der Waals surface area contributed by atoms with Crippen LogP contribution in [0.25, 0.3) is 11.0 Å². The second kappa shape index (κ2) is 7.75. The van der Waals surface area contributed by atoms with Gasteiger partial charge in [0.2, 0.25) is 0 Å². The first kappa shape index (κ1) is 16.9. The fraction of sp³-hybridized carbons (Fsp3) is 0.444. The molecule has 0 fully saturated rings. The Hall–Kier alpha value is -1.95. The summed E-state index contributed by atoms with van der Waals surface area (Å²) >= 11 is 1.82. The lowest BCUT2D eigenvalue weighted by molar-refractivity contribution is 0.450. The first-order valence-corrected chi connectivity index (χ1v) is 9.63. The number of hydrogen-bond acceptors (Lipinski definition) is 5. The van der Waals surface area contributed by atoms with E-state index in [1.165, 1.54) is 5.56 Å². The highest BCUT2D eigenvalue weighted by atomic mass is 32.2. The summed E-state index contributed by atoms with van der Waals surface area (Å²) in [6.45, 7) is 5.11. The molecule has 1 aromatic carbocycles. The van der Waals surface area contributed by atoms with E-state index in [2.05, 4.69) is 51.7 Å². The molecule has 0 spiro atoms. The van der Waals surface area contributed by atoms with E-state index in [9.17, 15) is 0 Å². The Kier molecular flexibility index (Phi) is 5.45. The molecule has 3 rings (SSSR count). The van der Waals surface area contributed by atoms with Gasteiger partial charge in [-0.2, -0.15) is 11.8 Å². The number of fused-ring (bicyclic) bond motifs is 1. The molecule has 0 saturated heterocycles. The first-order valence-electron chi connectivity index (χ1n) is 8.24. The van der Waals surface area contributed by atoms with Crippen LogP contribution in [-0.4, -0.2) is 31.2 Å². The fourth-order valence-corrected chi connectivity index (χ4v) is 3.23. The van der Waals surface area contributed by atoms with Crippen LogP contribution in [0.2, 0.25) is 0 Å². The van der Waals surface area contributed by atoms with Crippen LogP contribution in [0.1, 0.15) is 30.3 Å². The molecular weight excluding hydrogens is 318 g/mol. The lowest BCUT2D eigenvalue weighted by atomic mass is 10.0. The molecule has 3 aromatic rings. The van der Waals surface area contributed by atoms with Gasteiger partial charge in [-0.25, -0.2) is 14.6 Å². The normalized spacial score (nSPS) is 12.6. The van der Waals surface area contributed by atoms with E-state index < -0.39 is 0 Å². The zero-order valence-electron chi connectivity index (χ0n) is 14.4. The van der Waals surface area contributed by atoms with Gasteiger partial charge in [-0.3, -0.25) is 0 Å². The van der Waals surface area contributed by atoms with Crippen LogP contribution in [0.4, 0.5) is 0 Å². The van der Waals surface area contributed by atoms with Gasteiger partial charge >= 0.3 is 0 Å². The monoisotopic (exact) mass is 341 g/mol. The van der Waals surface area contributed by atoms with Crippen LogP contribution >= 0.6 is 11.8 Å². The Morgan fingerprint density at radius 2 is 2.00 bits per heavy atom. The van der Waals surface area contributed by atoms with Crippen molar-refractivity contribution in [2.45, 2.75) is 39.0 Å². The molecule has 5 nitrogen and oxygen atoms in total. The Morgan fingerprint density at radius 1 is 1.21 bits per heavy atom. The average molecular weight is 341 g/mol. The molecule has 126 valence electrons. The van der Waals surface area contributed by atoms with Crippen molar-refractivity contribution in [2.75, 3.05) is 6.26 Å². The molecule has 1 atom stereocenters. The van der Waals surface area contributed by atoms with Gasteiger partial charge in [0.25, 0.3) is 0 Å². The van der Waals surface area contributed by atoms with E-state index in [0.29, 0.717) is 5.92 Å². The van der Waals surface area contributed by atoms with E-state index >= 15 is 0 Å².